The fourth-order valence-electron chi connectivity index (χ4n) is 3.74. The van der Waals surface area contributed by atoms with Crippen LogP contribution in [0, 0.1) is 6.92 Å². The van der Waals surface area contributed by atoms with Crippen LogP contribution in [0.2, 0.25) is 5.02 Å². The average molecular weight is 407 g/mol. The lowest BCUT2D eigenvalue weighted by molar-refractivity contribution is -0.697. The molecule has 1 aromatic heterocycles. The second kappa shape index (κ2) is 7.33. The highest BCUT2D eigenvalue weighted by Crippen LogP contribution is 2.35. The van der Waals surface area contributed by atoms with E-state index in [0.717, 1.165) is 11.3 Å². The van der Waals surface area contributed by atoms with Gasteiger partial charge in [0, 0.05) is 28.5 Å². The van der Waals surface area contributed by atoms with E-state index in [2.05, 4.69) is 5.32 Å². The number of halogens is 1. The third-order valence-corrected chi connectivity index (χ3v) is 5.53. The van der Waals surface area contributed by atoms with Crippen molar-refractivity contribution in [1.29, 1.82) is 0 Å². The molecular weight excluding hydrogens is 386 g/mol. The molecule has 0 radical (unpaired) electrons. The first kappa shape index (κ1) is 19.2. The Bertz CT molecular complexity index is 1080. The van der Waals surface area contributed by atoms with E-state index in [1.807, 2.05) is 60.2 Å². The number of aromatic nitrogens is 1. The van der Waals surface area contributed by atoms with Gasteiger partial charge in [-0.2, -0.15) is 4.57 Å². The standard InChI is InChI=1S/C23H20ClN3O2/c1-16-6-12-19(13-7-16)27-21(28)15-26-14-4-3-5-20(26)23(27,2)22(29)25-18-10-8-17(24)9-11-18/h3-14H,15H2,1-2H3/p+1. The first-order chi connectivity index (χ1) is 13.9. The lowest BCUT2D eigenvalue weighted by Gasteiger charge is -2.40. The first-order valence-electron chi connectivity index (χ1n) is 9.35. The molecule has 2 amide bonds. The largest absolute Gasteiger partial charge is 0.324 e. The van der Waals surface area contributed by atoms with E-state index in [1.54, 1.807) is 36.1 Å². The van der Waals surface area contributed by atoms with Crippen LogP contribution in [0.4, 0.5) is 11.4 Å². The molecule has 0 fully saturated rings. The SMILES string of the molecule is Cc1ccc(N2C(=O)C[n+]3ccccc3C2(C)C(=O)Nc2ccc(Cl)cc2)cc1. The molecule has 5 nitrogen and oxygen atoms in total. The molecule has 3 aromatic rings. The molecule has 0 aliphatic carbocycles. The number of nitrogens with zero attached hydrogens (tertiary/aromatic N) is 2. The quantitative estimate of drug-likeness (QED) is 0.672. The van der Waals surface area contributed by atoms with Gasteiger partial charge in [0.15, 0.2) is 6.20 Å². The van der Waals surface area contributed by atoms with Crippen molar-refractivity contribution >= 4 is 34.8 Å². The predicted molar refractivity (Wildman–Crippen MR) is 113 cm³/mol. The molecular formula is C23H21ClN3O2+. The molecule has 0 spiro atoms. The molecule has 1 atom stereocenters. The summed E-state index contributed by atoms with van der Waals surface area (Å²) < 4.78 is 1.83. The Balaban J connectivity index is 1.83. The predicted octanol–water partition coefficient (Wildman–Crippen LogP) is 3.84. The van der Waals surface area contributed by atoms with Crippen molar-refractivity contribution in [3.63, 3.8) is 0 Å². The van der Waals surface area contributed by atoms with Gasteiger partial charge in [-0.15, -0.1) is 0 Å². The normalized spacial score (nSPS) is 18.3. The Morgan fingerprint density at radius 1 is 1.07 bits per heavy atom. The number of hydrogen-bond acceptors (Lipinski definition) is 2. The van der Waals surface area contributed by atoms with Crippen LogP contribution >= 0.6 is 11.6 Å². The summed E-state index contributed by atoms with van der Waals surface area (Å²) >= 11 is 5.96. The monoisotopic (exact) mass is 406 g/mol. The Labute approximate surface area is 174 Å². The Morgan fingerprint density at radius 2 is 1.76 bits per heavy atom. The highest BCUT2D eigenvalue weighted by molar-refractivity contribution is 6.30. The maximum atomic E-state index is 13.6. The Morgan fingerprint density at radius 3 is 2.45 bits per heavy atom. The van der Waals surface area contributed by atoms with Crippen LogP contribution in [0.3, 0.4) is 0 Å². The molecule has 6 heteroatoms. The molecule has 1 aliphatic rings. The number of benzene rings is 2. The van der Waals surface area contributed by atoms with E-state index in [9.17, 15) is 9.59 Å². The lowest BCUT2D eigenvalue weighted by atomic mass is 9.89. The maximum absolute atomic E-state index is 13.6. The van der Waals surface area contributed by atoms with Gasteiger partial charge in [0.25, 0.3) is 11.8 Å². The number of nitrogens with one attached hydrogen (secondary N) is 1. The van der Waals surface area contributed by atoms with Gasteiger partial charge >= 0.3 is 0 Å². The van der Waals surface area contributed by atoms with Gasteiger partial charge in [0.2, 0.25) is 17.8 Å². The van der Waals surface area contributed by atoms with Crippen LogP contribution in [-0.4, -0.2) is 11.8 Å². The summed E-state index contributed by atoms with van der Waals surface area (Å²) in [6.07, 6.45) is 1.83. The second-order valence-electron chi connectivity index (χ2n) is 7.31. The highest BCUT2D eigenvalue weighted by Gasteiger charge is 2.54. The van der Waals surface area contributed by atoms with Crippen LogP contribution in [-0.2, 0) is 21.7 Å². The van der Waals surface area contributed by atoms with E-state index in [0.29, 0.717) is 16.4 Å². The minimum Gasteiger partial charge on any atom is -0.324 e. The van der Waals surface area contributed by atoms with E-state index >= 15 is 0 Å². The van der Waals surface area contributed by atoms with Crippen molar-refractivity contribution in [2.75, 3.05) is 10.2 Å². The summed E-state index contributed by atoms with van der Waals surface area (Å²) in [6, 6.07) is 20.2. The first-order valence-corrected chi connectivity index (χ1v) is 9.73. The van der Waals surface area contributed by atoms with Crippen molar-refractivity contribution in [1.82, 2.24) is 0 Å². The minimum atomic E-state index is -1.23. The summed E-state index contributed by atoms with van der Waals surface area (Å²) in [4.78, 5) is 28.3. The van der Waals surface area contributed by atoms with Gasteiger partial charge in [-0.3, -0.25) is 14.5 Å². The number of carbonyl (C=O) groups excluding carboxylic acids is 2. The molecule has 29 heavy (non-hydrogen) atoms. The number of amides is 2. The van der Waals surface area contributed by atoms with Gasteiger partial charge in [0.05, 0.1) is 0 Å². The van der Waals surface area contributed by atoms with Crippen molar-refractivity contribution in [3.8, 4) is 0 Å². The maximum Gasteiger partial charge on any atom is 0.294 e. The minimum absolute atomic E-state index is 0.147. The summed E-state index contributed by atoms with van der Waals surface area (Å²) in [5.41, 5.74) is 1.90. The molecule has 2 heterocycles. The zero-order valence-electron chi connectivity index (χ0n) is 16.2. The van der Waals surface area contributed by atoms with Gasteiger partial charge in [0.1, 0.15) is 0 Å². The van der Waals surface area contributed by atoms with E-state index in [-0.39, 0.29) is 18.4 Å². The summed E-state index contributed by atoms with van der Waals surface area (Å²) in [7, 11) is 0. The van der Waals surface area contributed by atoms with Gasteiger partial charge < -0.3 is 5.32 Å². The number of aryl methyl sites for hydroxylation is 1. The fourth-order valence-corrected chi connectivity index (χ4v) is 3.86. The van der Waals surface area contributed by atoms with Crippen molar-refractivity contribution in [2.45, 2.75) is 25.9 Å². The number of pyridine rings is 1. The third-order valence-electron chi connectivity index (χ3n) is 5.28. The Kier molecular flexibility index (Phi) is 4.84. The summed E-state index contributed by atoms with van der Waals surface area (Å²) in [5.74, 6) is -0.445. The summed E-state index contributed by atoms with van der Waals surface area (Å²) in [6.45, 7) is 3.94. The molecule has 0 saturated carbocycles. The van der Waals surface area contributed by atoms with Crippen LogP contribution in [0.1, 0.15) is 18.2 Å². The molecule has 1 aliphatic heterocycles. The molecule has 1 unspecified atom stereocenters. The van der Waals surface area contributed by atoms with E-state index in [1.165, 1.54) is 0 Å². The Hall–Kier alpha value is -3.18. The van der Waals surface area contributed by atoms with Crippen LogP contribution in [0.25, 0.3) is 0 Å². The molecule has 146 valence electrons. The molecule has 2 aromatic carbocycles. The molecule has 0 saturated heterocycles. The zero-order chi connectivity index (χ0) is 20.6. The molecule has 0 bridgehead atoms. The van der Waals surface area contributed by atoms with E-state index in [4.69, 9.17) is 11.6 Å². The van der Waals surface area contributed by atoms with Crippen LogP contribution < -0.4 is 14.8 Å². The van der Waals surface area contributed by atoms with Crippen molar-refractivity contribution in [3.05, 3.63) is 89.2 Å². The number of carbonyl (C=O) groups is 2. The molecule has 1 N–H and O–H groups in total. The van der Waals surface area contributed by atoms with Gasteiger partial charge in [-0.1, -0.05) is 35.4 Å². The fraction of sp³-hybridized carbons (Fsp3) is 0.174. The smallest absolute Gasteiger partial charge is 0.294 e. The van der Waals surface area contributed by atoms with Crippen molar-refractivity contribution in [2.24, 2.45) is 0 Å². The van der Waals surface area contributed by atoms with Crippen molar-refractivity contribution < 1.29 is 14.2 Å². The number of rotatable bonds is 3. The number of hydrogen-bond donors (Lipinski definition) is 1. The molecule has 4 rings (SSSR count). The topological polar surface area (TPSA) is 53.3 Å². The van der Waals surface area contributed by atoms with Crippen LogP contribution in [0.5, 0.6) is 0 Å². The number of fused-ring (bicyclic) bond motifs is 1. The second-order valence-corrected chi connectivity index (χ2v) is 7.75. The third kappa shape index (κ3) is 3.38. The number of anilines is 2. The van der Waals surface area contributed by atoms with Gasteiger partial charge in [-0.05, 0) is 50.2 Å². The summed E-state index contributed by atoms with van der Waals surface area (Å²) in [5, 5.41) is 3.53. The highest BCUT2D eigenvalue weighted by atomic mass is 35.5. The average Bonchev–Trinajstić information content (AvgIpc) is 2.71. The van der Waals surface area contributed by atoms with Crippen LogP contribution in [0.15, 0.2) is 72.9 Å². The zero-order valence-corrected chi connectivity index (χ0v) is 17.0. The van der Waals surface area contributed by atoms with E-state index < -0.39 is 5.54 Å². The lowest BCUT2D eigenvalue weighted by Crippen LogP contribution is -2.67. The van der Waals surface area contributed by atoms with Gasteiger partial charge in [-0.25, -0.2) is 0 Å².